The Morgan fingerprint density at radius 3 is 2.52 bits per heavy atom. The largest absolute Gasteiger partial charge is 0.298 e. The Morgan fingerprint density at radius 1 is 1.10 bits per heavy atom. The first-order valence-electron chi connectivity index (χ1n) is 5.90. The topological polar surface area (TPSA) is 42.0 Å². The normalized spacial score (nSPS) is 10.6. The zero-order valence-electron chi connectivity index (χ0n) is 10.5. The van der Waals surface area contributed by atoms with Gasteiger partial charge in [0.05, 0.1) is 26.2 Å². The standard InChI is InChI=1S/C14H8Cl2N2OS2/c15-8-3-1-4-9(16)12(8)13(19)18-14-17-10(7-21-14)11-5-2-6-20-11/h1-7H,(H,17,18,19). The van der Waals surface area contributed by atoms with Crippen molar-refractivity contribution in [2.45, 2.75) is 0 Å². The molecule has 21 heavy (non-hydrogen) atoms. The van der Waals surface area contributed by atoms with Gasteiger partial charge in [-0.1, -0.05) is 35.3 Å². The van der Waals surface area contributed by atoms with Crippen LogP contribution in [0.5, 0.6) is 0 Å². The molecule has 7 heteroatoms. The lowest BCUT2D eigenvalue weighted by atomic mass is 10.2. The van der Waals surface area contributed by atoms with Crippen molar-refractivity contribution < 1.29 is 4.79 Å². The average Bonchev–Trinajstić information content (AvgIpc) is 3.08. The second-order valence-electron chi connectivity index (χ2n) is 4.07. The molecule has 2 heterocycles. The smallest absolute Gasteiger partial charge is 0.260 e. The third-order valence-electron chi connectivity index (χ3n) is 2.69. The first kappa shape index (κ1) is 14.5. The molecule has 0 aliphatic heterocycles. The number of benzene rings is 1. The van der Waals surface area contributed by atoms with Crippen LogP contribution in [0.4, 0.5) is 5.13 Å². The summed E-state index contributed by atoms with van der Waals surface area (Å²) in [5.74, 6) is -0.363. The minimum atomic E-state index is -0.363. The van der Waals surface area contributed by atoms with Gasteiger partial charge in [0.2, 0.25) is 0 Å². The maximum absolute atomic E-state index is 12.2. The Kier molecular flexibility index (Phi) is 4.26. The predicted molar refractivity (Wildman–Crippen MR) is 89.8 cm³/mol. The zero-order valence-corrected chi connectivity index (χ0v) is 13.6. The molecule has 0 fully saturated rings. The number of thiazole rings is 1. The number of carbonyl (C=O) groups excluding carboxylic acids is 1. The van der Waals surface area contributed by atoms with Crippen molar-refractivity contribution in [1.29, 1.82) is 0 Å². The van der Waals surface area contributed by atoms with Gasteiger partial charge < -0.3 is 0 Å². The molecule has 0 radical (unpaired) electrons. The lowest BCUT2D eigenvalue weighted by Gasteiger charge is -2.05. The molecule has 0 saturated heterocycles. The van der Waals surface area contributed by atoms with E-state index in [4.69, 9.17) is 23.2 Å². The van der Waals surface area contributed by atoms with Crippen molar-refractivity contribution in [3.8, 4) is 10.6 Å². The Balaban J connectivity index is 1.82. The Labute approximate surface area is 139 Å². The number of hydrogen-bond donors (Lipinski definition) is 1. The molecule has 0 aliphatic carbocycles. The van der Waals surface area contributed by atoms with Crippen molar-refractivity contribution in [2.75, 3.05) is 5.32 Å². The van der Waals surface area contributed by atoms with Crippen LogP contribution in [0.3, 0.4) is 0 Å². The molecule has 3 rings (SSSR count). The molecule has 1 aromatic carbocycles. The Hall–Kier alpha value is -1.40. The van der Waals surface area contributed by atoms with Gasteiger partial charge in [0, 0.05) is 5.38 Å². The molecule has 1 N–H and O–H groups in total. The van der Waals surface area contributed by atoms with Crippen LogP contribution >= 0.6 is 45.9 Å². The number of halogens is 2. The number of hydrogen-bond acceptors (Lipinski definition) is 4. The van der Waals surface area contributed by atoms with E-state index < -0.39 is 0 Å². The number of carbonyl (C=O) groups is 1. The van der Waals surface area contributed by atoms with Gasteiger partial charge in [-0.2, -0.15) is 0 Å². The van der Waals surface area contributed by atoms with Gasteiger partial charge in [-0.3, -0.25) is 10.1 Å². The Morgan fingerprint density at radius 2 is 1.86 bits per heavy atom. The molecule has 0 saturated carbocycles. The molecule has 3 nitrogen and oxygen atoms in total. The van der Waals surface area contributed by atoms with E-state index in [1.54, 1.807) is 29.5 Å². The molecule has 1 amide bonds. The minimum Gasteiger partial charge on any atom is -0.298 e. The van der Waals surface area contributed by atoms with E-state index in [0.29, 0.717) is 15.2 Å². The van der Waals surface area contributed by atoms with Crippen molar-refractivity contribution in [3.05, 3.63) is 56.7 Å². The number of aromatic nitrogens is 1. The summed E-state index contributed by atoms with van der Waals surface area (Å²) in [6.45, 7) is 0. The average molecular weight is 355 g/mol. The third-order valence-corrected chi connectivity index (χ3v) is 4.97. The van der Waals surface area contributed by atoms with Gasteiger partial charge in [0.1, 0.15) is 0 Å². The van der Waals surface area contributed by atoms with Crippen molar-refractivity contribution >= 4 is 56.9 Å². The first-order valence-corrected chi connectivity index (χ1v) is 8.41. The molecular formula is C14H8Cl2N2OS2. The highest BCUT2D eigenvalue weighted by molar-refractivity contribution is 7.16. The highest BCUT2D eigenvalue weighted by atomic mass is 35.5. The number of nitrogens with one attached hydrogen (secondary N) is 1. The molecule has 3 aromatic rings. The van der Waals surface area contributed by atoms with E-state index >= 15 is 0 Å². The fraction of sp³-hybridized carbons (Fsp3) is 0. The van der Waals surface area contributed by atoms with Gasteiger partial charge in [0.25, 0.3) is 5.91 Å². The van der Waals surface area contributed by atoms with Gasteiger partial charge in [-0.15, -0.1) is 22.7 Å². The number of anilines is 1. The van der Waals surface area contributed by atoms with E-state index in [2.05, 4.69) is 10.3 Å². The first-order chi connectivity index (χ1) is 10.1. The fourth-order valence-corrected chi connectivity index (χ4v) is 3.78. The summed E-state index contributed by atoms with van der Waals surface area (Å²) in [6, 6.07) is 8.89. The molecule has 0 unspecified atom stereocenters. The van der Waals surface area contributed by atoms with Crippen molar-refractivity contribution in [1.82, 2.24) is 4.98 Å². The maximum Gasteiger partial charge on any atom is 0.260 e. The Bertz CT molecular complexity index is 764. The van der Waals surface area contributed by atoms with E-state index in [1.165, 1.54) is 11.3 Å². The monoisotopic (exact) mass is 354 g/mol. The molecule has 0 aliphatic rings. The van der Waals surface area contributed by atoms with Crippen molar-refractivity contribution in [2.24, 2.45) is 0 Å². The van der Waals surface area contributed by atoms with Gasteiger partial charge in [0.15, 0.2) is 5.13 Å². The summed E-state index contributed by atoms with van der Waals surface area (Å²) in [5, 5.41) is 7.75. The van der Waals surface area contributed by atoms with E-state index in [-0.39, 0.29) is 11.5 Å². The maximum atomic E-state index is 12.2. The van der Waals surface area contributed by atoms with E-state index in [0.717, 1.165) is 10.6 Å². The SMILES string of the molecule is O=C(Nc1nc(-c2cccs2)cs1)c1c(Cl)cccc1Cl. The van der Waals surface area contributed by atoms with Crippen LogP contribution in [-0.2, 0) is 0 Å². The summed E-state index contributed by atoms with van der Waals surface area (Å²) >= 11 is 15.0. The number of rotatable bonds is 3. The quantitative estimate of drug-likeness (QED) is 0.681. The second-order valence-corrected chi connectivity index (χ2v) is 6.69. The van der Waals surface area contributed by atoms with Crippen LogP contribution in [0, 0.1) is 0 Å². The van der Waals surface area contributed by atoms with E-state index in [9.17, 15) is 4.79 Å². The summed E-state index contributed by atoms with van der Waals surface area (Å²) in [7, 11) is 0. The number of amides is 1. The highest BCUT2D eigenvalue weighted by Crippen LogP contribution is 2.30. The second kappa shape index (κ2) is 6.15. The fourth-order valence-electron chi connectivity index (χ4n) is 1.74. The summed E-state index contributed by atoms with van der Waals surface area (Å²) in [6.07, 6.45) is 0. The summed E-state index contributed by atoms with van der Waals surface area (Å²) in [4.78, 5) is 17.7. The molecule has 0 spiro atoms. The summed E-state index contributed by atoms with van der Waals surface area (Å²) in [5.41, 5.74) is 1.10. The predicted octanol–water partition coefficient (Wildman–Crippen LogP) is 5.43. The van der Waals surface area contributed by atoms with Crippen molar-refractivity contribution in [3.63, 3.8) is 0 Å². The molecule has 2 aromatic heterocycles. The highest BCUT2D eigenvalue weighted by Gasteiger charge is 2.16. The van der Waals surface area contributed by atoms with E-state index in [1.807, 2.05) is 22.9 Å². The van der Waals surface area contributed by atoms with Crippen LogP contribution in [-0.4, -0.2) is 10.9 Å². The molecule has 106 valence electrons. The van der Waals surface area contributed by atoms with Crippen LogP contribution < -0.4 is 5.32 Å². The molecule has 0 bridgehead atoms. The lowest BCUT2D eigenvalue weighted by Crippen LogP contribution is -2.12. The molecule has 0 atom stereocenters. The van der Waals surface area contributed by atoms with Crippen LogP contribution in [0.25, 0.3) is 10.6 Å². The lowest BCUT2D eigenvalue weighted by molar-refractivity contribution is 0.102. The minimum absolute atomic E-state index is 0.258. The summed E-state index contributed by atoms with van der Waals surface area (Å²) < 4.78 is 0. The van der Waals surface area contributed by atoms with Crippen LogP contribution in [0.1, 0.15) is 10.4 Å². The third kappa shape index (κ3) is 3.11. The zero-order chi connectivity index (χ0) is 14.8. The van der Waals surface area contributed by atoms with Gasteiger partial charge in [-0.25, -0.2) is 4.98 Å². The number of thiophene rings is 1. The van der Waals surface area contributed by atoms with Crippen LogP contribution in [0.15, 0.2) is 41.1 Å². The van der Waals surface area contributed by atoms with Gasteiger partial charge >= 0.3 is 0 Å². The van der Waals surface area contributed by atoms with Gasteiger partial charge in [-0.05, 0) is 23.6 Å². The molecular weight excluding hydrogens is 347 g/mol. The number of nitrogens with zero attached hydrogens (tertiary/aromatic N) is 1. The van der Waals surface area contributed by atoms with Crippen LogP contribution in [0.2, 0.25) is 10.0 Å².